The summed E-state index contributed by atoms with van der Waals surface area (Å²) in [6, 6.07) is 3.57. The Labute approximate surface area is 90.3 Å². The molecule has 0 aromatic rings. The summed E-state index contributed by atoms with van der Waals surface area (Å²) in [6.45, 7) is 4.42. The highest BCUT2D eigenvalue weighted by atomic mass is 16.3. The molecule has 2 bridgehead atoms. The molecule has 0 saturated heterocycles. The number of hydrogen-bond donors (Lipinski definition) is 1. The highest BCUT2D eigenvalue weighted by Crippen LogP contribution is 2.57. The minimum Gasteiger partial charge on any atom is -0.364 e. The van der Waals surface area contributed by atoms with E-state index in [0.29, 0.717) is 23.7 Å². The van der Waals surface area contributed by atoms with E-state index in [1.807, 2.05) is 0 Å². The maximum absolute atomic E-state index is 9.93. The quantitative estimate of drug-likeness (QED) is 0.661. The van der Waals surface area contributed by atoms with E-state index in [-0.39, 0.29) is 5.92 Å². The first-order valence-electron chi connectivity index (χ1n) is 5.58. The number of nitrogens with zero attached hydrogens (tertiary/aromatic N) is 2. The Balaban J connectivity index is 2.24. The molecular weight excluding hydrogens is 188 g/mol. The molecule has 80 valence electrons. The summed E-state index contributed by atoms with van der Waals surface area (Å²) in [7, 11) is 0. The van der Waals surface area contributed by atoms with E-state index < -0.39 is 5.60 Å². The van der Waals surface area contributed by atoms with Crippen LogP contribution in [0.5, 0.6) is 0 Å². The van der Waals surface area contributed by atoms with Crippen LogP contribution in [0, 0.1) is 52.3 Å². The average molecular weight is 204 g/mol. The highest BCUT2D eigenvalue weighted by Gasteiger charge is 2.56. The van der Waals surface area contributed by atoms with Crippen LogP contribution in [-0.4, -0.2) is 10.7 Å². The standard InChI is InChI=1S/C12H16N2O/c1-7-8(2)10-3-9(7)4-11(10)12(15,5-13)6-14/h7-11,15H,3-4H2,1-2H3. The number of nitriles is 2. The SMILES string of the molecule is CC1C2CC(C1C)C(C(O)(C#N)C#N)C2. The van der Waals surface area contributed by atoms with Gasteiger partial charge in [0, 0.05) is 5.92 Å². The molecule has 5 atom stereocenters. The normalized spacial score (nSPS) is 43.7. The Bertz CT molecular complexity index is 336. The number of rotatable bonds is 1. The van der Waals surface area contributed by atoms with E-state index in [1.54, 1.807) is 12.1 Å². The third-order valence-corrected chi connectivity index (χ3v) is 4.77. The van der Waals surface area contributed by atoms with Gasteiger partial charge in [0.05, 0.1) is 0 Å². The van der Waals surface area contributed by atoms with Crippen LogP contribution < -0.4 is 0 Å². The number of hydrogen-bond acceptors (Lipinski definition) is 3. The zero-order valence-corrected chi connectivity index (χ0v) is 9.14. The van der Waals surface area contributed by atoms with Gasteiger partial charge in [-0.15, -0.1) is 0 Å². The summed E-state index contributed by atoms with van der Waals surface area (Å²) in [5.41, 5.74) is -1.76. The van der Waals surface area contributed by atoms with Crippen LogP contribution in [0.1, 0.15) is 26.7 Å². The van der Waals surface area contributed by atoms with E-state index >= 15 is 0 Å². The first kappa shape index (κ1) is 10.5. The molecule has 2 rings (SSSR count). The van der Waals surface area contributed by atoms with Crippen molar-refractivity contribution in [2.45, 2.75) is 32.3 Å². The Morgan fingerprint density at radius 1 is 1.13 bits per heavy atom. The molecule has 3 heteroatoms. The molecule has 5 unspecified atom stereocenters. The first-order valence-corrected chi connectivity index (χ1v) is 5.58. The lowest BCUT2D eigenvalue weighted by Crippen LogP contribution is -2.41. The zero-order chi connectivity index (χ0) is 11.2. The summed E-state index contributed by atoms with van der Waals surface area (Å²) in [5, 5.41) is 27.7. The first-order chi connectivity index (χ1) is 7.03. The summed E-state index contributed by atoms with van der Waals surface area (Å²) in [5.74, 6) is 2.02. The molecule has 2 aliphatic carbocycles. The van der Waals surface area contributed by atoms with Gasteiger partial charge in [0.1, 0.15) is 12.1 Å². The van der Waals surface area contributed by atoms with Gasteiger partial charge < -0.3 is 5.11 Å². The molecule has 1 N–H and O–H groups in total. The van der Waals surface area contributed by atoms with E-state index in [2.05, 4.69) is 13.8 Å². The van der Waals surface area contributed by atoms with E-state index in [4.69, 9.17) is 10.5 Å². The molecule has 2 aliphatic rings. The molecule has 0 heterocycles. The predicted molar refractivity (Wildman–Crippen MR) is 54.2 cm³/mol. The van der Waals surface area contributed by atoms with Crippen LogP contribution in [0.4, 0.5) is 0 Å². The van der Waals surface area contributed by atoms with Crippen LogP contribution in [0.3, 0.4) is 0 Å². The Kier molecular flexibility index (Phi) is 2.24. The monoisotopic (exact) mass is 204 g/mol. The fourth-order valence-electron chi connectivity index (χ4n) is 3.61. The number of fused-ring (bicyclic) bond motifs is 2. The summed E-state index contributed by atoms with van der Waals surface area (Å²) < 4.78 is 0. The maximum Gasteiger partial charge on any atom is 0.241 e. The second-order valence-electron chi connectivity index (χ2n) is 5.21. The lowest BCUT2D eigenvalue weighted by atomic mass is 9.70. The second kappa shape index (κ2) is 3.22. The number of aliphatic hydroxyl groups is 1. The van der Waals surface area contributed by atoms with Gasteiger partial charge in [-0.3, -0.25) is 0 Å². The third-order valence-electron chi connectivity index (χ3n) is 4.77. The Morgan fingerprint density at radius 3 is 2.13 bits per heavy atom. The molecule has 3 nitrogen and oxygen atoms in total. The van der Waals surface area contributed by atoms with Gasteiger partial charge in [-0.05, 0) is 36.5 Å². The lowest BCUT2D eigenvalue weighted by Gasteiger charge is -2.35. The van der Waals surface area contributed by atoms with Crippen molar-refractivity contribution in [3.05, 3.63) is 0 Å². The molecule has 0 aromatic heterocycles. The Hall–Kier alpha value is -1.06. The minimum absolute atomic E-state index is 0.135. The fraction of sp³-hybridized carbons (Fsp3) is 0.833. The molecule has 0 spiro atoms. The fourth-order valence-corrected chi connectivity index (χ4v) is 3.61. The summed E-state index contributed by atoms with van der Waals surface area (Å²) in [6.07, 6.45) is 1.92. The van der Waals surface area contributed by atoms with Crippen LogP contribution in [0.25, 0.3) is 0 Å². The van der Waals surface area contributed by atoms with E-state index in [0.717, 1.165) is 12.8 Å². The van der Waals surface area contributed by atoms with Gasteiger partial charge in [0.2, 0.25) is 5.60 Å². The summed E-state index contributed by atoms with van der Waals surface area (Å²) in [4.78, 5) is 0. The molecule has 0 aliphatic heterocycles. The smallest absolute Gasteiger partial charge is 0.241 e. The van der Waals surface area contributed by atoms with Crippen LogP contribution in [0.15, 0.2) is 0 Å². The largest absolute Gasteiger partial charge is 0.364 e. The minimum atomic E-state index is -1.76. The van der Waals surface area contributed by atoms with Gasteiger partial charge in [-0.2, -0.15) is 10.5 Å². The average Bonchev–Trinajstić information content (AvgIpc) is 2.79. The topological polar surface area (TPSA) is 67.8 Å². The lowest BCUT2D eigenvalue weighted by molar-refractivity contribution is 0.0306. The van der Waals surface area contributed by atoms with Crippen molar-refractivity contribution in [3.63, 3.8) is 0 Å². The van der Waals surface area contributed by atoms with Crippen molar-refractivity contribution < 1.29 is 5.11 Å². The van der Waals surface area contributed by atoms with Crippen LogP contribution in [0.2, 0.25) is 0 Å². The molecule has 0 amide bonds. The van der Waals surface area contributed by atoms with Crippen molar-refractivity contribution in [3.8, 4) is 12.1 Å². The molecule has 2 fully saturated rings. The van der Waals surface area contributed by atoms with Gasteiger partial charge in [0.15, 0.2) is 0 Å². The van der Waals surface area contributed by atoms with Gasteiger partial charge in [-0.25, -0.2) is 0 Å². The molecular formula is C12H16N2O. The molecule has 2 saturated carbocycles. The van der Waals surface area contributed by atoms with Gasteiger partial charge in [0.25, 0.3) is 0 Å². The maximum atomic E-state index is 9.93. The third kappa shape index (κ3) is 1.27. The van der Waals surface area contributed by atoms with Crippen LogP contribution in [-0.2, 0) is 0 Å². The van der Waals surface area contributed by atoms with Crippen molar-refractivity contribution in [1.82, 2.24) is 0 Å². The predicted octanol–water partition coefficient (Wildman–Crippen LogP) is 1.69. The van der Waals surface area contributed by atoms with Gasteiger partial charge in [-0.1, -0.05) is 13.8 Å². The van der Waals surface area contributed by atoms with Gasteiger partial charge >= 0.3 is 0 Å². The molecule has 15 heavy (non-hydrogen) atoms. The summed E-state index contributed by atoms with van der Waals surface area (Å²) >= 11 is 0. The zero-order valence-electron chi connectivity index (χ0n) is 9.14. The van der Waals surface area contributed by atoms with Crippen molar-refractivity contribution in [2.75, 3.05) is 0 Å². The Morgan fingerprint density at radius 2 is 1.73 bits per heavy atom. The van der Waals surface area contributed by atoms with Crippen molar-refractivity contribution >= 4 is 0 Å². The van der Waals surface area contributed by atoms with E-state index in [9.17, 15) is 5.11 Å². The highest BCUT2D eigenvalue weighted by molar-refractivity contribution is 5.22. The second-order valence-corrected chi connectivity index (χ2v) is 5.21. The molecule has 0 aromatic carbocycles. The van der Waals surface area contributed by atoms with Crippen LogP contribution >= 0.6 is 0 Å². The van der Waals surface area contributed by atoms with Crippen molar-refractivity contribution in [2.24, 2.45) is 29.6 Å². The van der Waals surface area contributed by atoms with E-state index in [1.165, 1.54) is 0 Å². The van der Waals surface area contributed by atoms with Crippen molar-refractivity contribution in [1.29, 1.82) is 10.5 Å². The molecule has 0 radical (unpaired) electrons.